The molecule has 0 saturated heterocycles. The summed E-state index contributed by atoms with van der Waals surface area (Å²) in [5.74, 6) is 1.16. The largest absolute Gasteiger partial charge is 0.508 e. The molecule has 0 aromatic heterocycles. The summed E-state index contributed by atoms with van der Waals surface area (Å²) >= 11 is 0. The maximum Gasteiger partial charge on any atom is 0.160 e. The average Bonchev–Trinajstić information content (AvgIpc) is 2.51. The molecule has 0 aliphatic rings. The molecule has 5 nitrogen and oxygen atoms in total. The lowest BCUT2D eigenvalue weighted by Crippen LogP contribution is -2.00. The van der Waals surface area contributed by atoms with Crippen molar-refractivity contribution in [2.75, 3.05) is 14.2 Å². The van der Waals surface area contributed by atoms with Crippen molar-refractivity contribution in [2.24, 2.45) is 0 Å². The van der Waals surface area contributed by atoms with E-state index >= 15 is 0 Å². The van der Waals surface area contributed by atoms with Gasteiger partial charge in [0.25, 0.3) is 0 Å². The summed E-state index contributed by atoms with van der Waals surface area (Å²) in [5, 5.41) is 29.1. The number of hydrogen-bond acceptors (Lipinski definition) is 5. The van der Waals surface area contributed by atoms with Crippen LogP contribution in [0.5, 0.6) is 23.0 Å². The molecule has 0 radical (unpaired) electrons. The molecule has 0 fully saturated rings. The second-order valence-electron chi connectivity index (χ2n) is 5.03. The summed E-state index contributed by atoms with van der Waals surface area (Å²) in [6.45, 7) is 0. The van der Waals surface area contributed by atoms with Crippen LogP contribution < -0.4 is 9.47 Å². The first-order chi connectivity index (χ1) is 10.5. The number of rotatable bonds is 6. The van der Waals surface area contributed by atoms with Gasteiger partial charge in [-0.15, -0.1) is 0 Å². The van der Waals surface area contributed by atoms with Gasteiger partial charge in [0.2, 0.25) is 0 Å². The smallest absolute Gasteiger partial charge is 0.160 e. The second-order valence-corrected chi connectivity index (χ2v) is 5.03. The van der Waals surface area contributed by atoms with Gasteiger partial charge in [-0.1, -0.05) is 6.07 Å². The molecule has 2 rings (SSSR count). The van der Waals surface area contributed by atoms with Gasteiger partial charge >= 0.3 is 0 Å². The zero-order valence-corrected chi connectivity index (χ0v) is 12.6. The molecule has 2 aromatic rings. The van der Waals surface area contributed by atoms with Crippen LogP contribution in [0.3, 0.4) is 0 Å². The quantitative estimate of drug-likeness (QED) is 0.765. The Hall–Kier alpha value is -2.40. The van der Waals surface area contributed by atoms with Crippen molar-refractivity contribution in [3.05, 3.63) is 47.5 Å². The number of aliphatic hydroxyl groups is 1. The Morgan fingerprint density at radius 3 is 2.14 bits per heavy atom. The van der Waals surface area contributed by atoms with E-state index in [0.29, 0.717) is 29.9 Å². The molecule has 22 heavy (non-hydrogen) atoms. The van der Waals surface area contributed by atoms with Crippen LogP contribution >= 0.6 is 0 Å². The molecule has 3 N–H and O–H groups in total. The van der Waals surface area contributed by atoms with Crippen molar-refractivity contribution < 1.29 is 24.8 Å². The number of phenols is 2. The molecule has 0 unspecified atom stereocenters. The van der Waals surface area contributed by atoms with E-state index in [1.54, 1.807) is 14.2 Å². The van der Waals surface area contributed by atoms with Crippen molar-refractivity contribution in [1.82, 2.24) is 0 Å². The Balaban J connectivity index is 2.06. The van der Waals surface area contributed by atoms with E-state index in [-0.39, 0.29) is 11.5 Å². The SMILES string of the molecule is COc1ccc(CC[C@@H](O)c2cc(O)cc(O)c2)cc1OC. The maximum atomic E-state index is 10.2. The third-order valence-electron chi connectivity index (χ3n) is 3.46. The summed E-state index contributed by atoms with van der Waals surface area (Å²) in [6, 6.07) is 9.71. The third-order valence-corrected chi connectivity index (χ3v) is 3.46. The minimum absolute atomic E-state index is 0.0693. The van der Waals surface area contributed by atoms with Crippen molar-refractivity contribution in [3.8, 4) is 23.0 Å². The van der Waals surface area contributed by atoms with Gasteiger partial charge in [-0.05, 0) is 48.2 Å². The van der Waals surface area contributed by atoms with Crippen LogP contribution in [0.1, 0.15) is 23.7 Å². The van der Waals surface area contributed by atoms with E-state index in [4.69, 9.17) is 9.47 Å². The Kier molecular flexibility index (Phi) is 5.12. The molecule has 0 amide bonds. The average molecular weight is 304 g/mol. The molecule has 5 heteroatoms. The van der Waals surface area contributed by atoms with E-state index in [9.17, 15) is 15.3 Å². The lowest BCUT2D eigenvalue weighted by Gasteiger charge is -2.13. The zero-order chi connectivity index (χ0) is 16.1. The third kappa shape index (κ3) is 3.83. The van der Waals surface area contributed by atoms with Crippen LogP contribution in [0.2, 0.25) is 0 Å². The summed E-state index contributed by atoms with van der Waals surface area (Å²) in [5.41, 5.74) is 1.49. The number of methoxy groups -OCH3 is 2. The molecule has 0 heterocycles. The molecule has 0 bridgehead atoms. The minimum atomic E-state index is -0.772. The molecular weight excluding hydrogens is 284 g/mol. The maximum absolute atomic E-state index is 10.2. The number of aliphatic hydroxyl groups excluding tert-OH is 1. The predicted molar refractivity (Wildman–Crippen MR) is 82.6 cm³/mol. The summed E-state index contributed by atoms with van der Waals surface area (Å²) < 4.78 is 10.4. The number of aryl methyl sites for hydroxylation is 1. The minimum Gasteiger partial charge on any atom is -0.508 e. The number of benzene rings is 2. The summed E-state index contributed by atoms with van der Waals surface area (Å²) in [7, 11) is 3.15. The first-order valence-corrected chi connectivity index (χ1v) is 6.95. The van der Waals surface area contributed by atoms with Crippen LogP contribution in [0, 0.1) is 0 Å². The molecule has 0 aliphatic heterocycles. The van der Waals surface area contributed by atoms with Gasteiger partial charge in [0.15, 0.2) is 11.5 Å². The normalized spacial score (nSPS) is 12.0. The highest BCUT2D eigenvalue weighted by Crippen LogP contribution is 2.30. The van der Waals surface area contributed by atoms with Crippen molar-refractivity contribution in [3.63, 3.8) is 0 Å². The second kappa shape index (κ2) is 7.04. The first kappa shape index (κ1) is 16.0. The van der Waals surface area contributed by atoms with Gasteiger partial charge in [-0.3, -0.25) is 0 Å². The highest BCUT2D eigenvalue weighted by atomic mass is 16.5. The van der Waals surface area contributed by atoms with E-state index in [2.05, 4.69) is 0 Å². The lowest BCUT2D eigenvalue weighted by molar-refractivity contribution is 0.167. The van der Waals surface area contributed by atoms with E-state index in [0.717, 1.165) is 5.56 Å². The van der Waals surface area contributed by atoms with Gasteiger partial charge in [0.05, 0.1) is 20.3 Å². The Morgan fingerprint density at radius 2 is 1.55 bits per heavy atom. The van der Waals surface area contributed by atoms with Gasteiger partial charge in [-0.2, -0.15) is 0 Å². The molecule has 118 valence electrons. The Bertz CT molecular complexity index is 619. The van der Waals surface area contributed by atoms with Gasteiger partial charge in [0, 0.05) is 6.07 Å². The van der Waals surface area contributed by atoms with Crippen molar-refractivity contribution >= 4 is 0 Å². The standard InChI is InChI=1S/C17H20O5/c1-21-16-6-4-11(7-17(16)22-2)3-5-15(20)12-8-13(18)10-14(19)9-12/h4,6-10,15,18-20H,3,5H2,1-2H3/t15-/m1/s1. The molecule has 0 spiro atoms. The van der Waals surface area contributed by atoms with Crippen LogP contribution in [-0.2, 0) is 6.42 Å². The van der Waals surface area contributed by atoms with Gasteiger partial charge < -0.3 is 24.8 Å². The number of ether oxygens (including phenoxy) is 2. The fourth-order valence-electron chi connectivity index (χ4n) is 2.32. The van der Waals surface area contributed by atoms with Crippen LogP contribution in [0.4, 0.5) is 0 Å². The molecule has 0 saturated carbocycles. The Labute approximate surface area is 129 Å². The fourth-order valence-corrected chi connectivity index (χ4v) is 2.32. The topological polar surface area (TPSA) is 79.2 Å². The van der Waals surface area contributed by atoms with Gasteiger partial charge in [0.1, 0.15) is 11.5 Å². The van der Waals surface area contributed by atoms with E-state index in [1.807, 2.05) is 18.2 Å². The highest BCUT2D eigenvalue weighted by molar-refractivity contribution is 5.43. The van der Waals surface area contributed by atoms with E-state index < -0.39 is 6.10 Å². The first-order valence-electron chi connectivity index (χ1n) is 6.95. The Morgan fingerprint density at radius 1 is 0.909 bits per heavy atom. The fraction of sp³-hybridized carbons (Fsp3) is 0.294. The monoisotopic (exact) mass is 304 g/mol. The van der Waals surface area contributed by atoms with Crippen molar-refractivity contribution in [2.45, 2.75) is 18.9 Å². The highest BCUT2D eigenvalue weighted by Gasteiger charge is 2.11. The lowest BCUT2D eigenvalue weighted by atomic mass is 10.0. The summed E-state index contributed by atoms with van der Waals surface area (Å²) in [4.78, 5) is 0. The number of hydrogen-bond donors (Lipinski definition) is 3. The van der Waals surface area contributed by atoms with Crippen molar-refractivity contribution in [1.29, 1.82) is 0 Å². The van der Waals surface area contributed by atoms with Crippen LogP contribution in [0.15, 0.2) is 36.4 Å². The van der Waals surface area contributed by atoms with E-state index in [1.165, 1.54) is 18.2 Å². The van der Waals surface area contributed by atoms with Crippen LogP contribution in [-0.4, -0.2) is 29.5 Å². The van der Waals surface area contributed by atoms with Gasteiger partial charge in [-0.25, -0.2) is 0 Å². The van der Waals surface area contributed by atoms with Crippen LogP contribution in [0.25, 0.3) is 0 Å². The molecule has 1 atom stereocenters. The number of phenolic OH excluding ortho intramolecular Hbond substituents is 2. The molecule has 2 aromatic carbocycles. The molecular formula is C17H20O5. The molecule has 0 aliphatic carbocycles. The summed E-state index contributed by atoms with van der Waals surface area (Å²) in [6.07, 6.45) is 0.308. The predicted octanol–water partition coefficient (Wildman–Crippen LogP) is 2.78. The zero-order valence-electron chi connectivity index (χ0n) is 12.6. The number of aromatic hydroxyl groups is 2.